The summed E-state index contributed by atoms with van der Waals surface area (Å²) in [5, 5.41) is 2.60. The SMILES string of the molecule is O=c1[nH]c2cccc(Cl)c2c(=O)n1Cc1cccs1. The maximum atomic E-state index is 12.4. The number of halogens is 1. The first kappa shape index (κ1) is 12.2. The normalized spacial score (nSPS) is 11.0. The van der Waals surface area contributed by atoms with Gasteiger partial charge < -0.3 is 4.98 Å². The summed E-state index contributed by atoms with van der Waals surface area (Å²) in [6.45, 7) is 0.257. The van der Waals surface area contributed by atoms with Gasteiger partial charge in [0.25, 0.3) is 5.56 Å². The highest BCUT2D eigenvalue weighted by atomic mass is 35.5. The molecule has 2 heterocycles. The minimum Gasteiger partial charge on any atom is -0.307 e. The second-order valence-corrected chi connectivity index (χ2v) is 5.50. The fraction of sp³-hybridized carbons (Fsp3) is 0.0769. The summed E-state index contributed by atoms with van der Waals surface area (Å²) in [6, 6.07) is 8.77. The molecule has 0 spiro atoms. The van der Waals surface area contributed by atoms with E-state index in [0.717, 1.165) is 4.88 Å². The van der Waals surface area contributed by atoms with Gasteiger partial charge in [-0.25, -0.2) is 4.79 Å². The molecule has 0 bridgehead atoms. The summed E-state index contributed by atoms with van der Waals surface area (Å²) in [5.74, 6) is 0. The van der Waals surface area contributed by atoms with Crippen LogP contribution in [0.3, 0.4) is 0 Å². The predicted molar refractivity (Wildman–Crippen MR) is 77.3 cm³/mol. The van der Waals surface area contributed by atoms with Crippen LogP contribution in [0.15, 0.2) is 45.3 Å². The van der Waals surface area contributed by atoms with Gasteiger partial charge >= 0.3 is 5.69 Å². The molecule has 0 saturated carbocycles. The molecule has 0 aliphatic rings. The molecule has 1 aromatic carbocycles. The van der Waals surface area contributed by atoms with Crippen molar-refractivity contribution in [2.45, 2.75) is 6.54 Å². The lowest BCUT2D eigenvalue weighted by Gasteiger charge is -2.05. The highest BCUT2D eigenvalue weighted by molar-refractivity contribution is 7.09. The topological polar surface area (TPSA) is 54.9 Å². The average Bonchev–Trinajstić information content (AvgIpc) is 2.87. The standard InChI is InChI=1S/C13H9ClN2O2S/c14-9-4-1-5-10-11(9)12(17)16(13(18)15-10)7-8-3-2-6-19-8/h1-6H,7H2,(H,15,18). The molecular weight excluding hydrogens is 284 g/mol. The number of hydrogen-bond donors (Lipinski definition) is 1. The van der Waals surface area contributed by atoms with Crippen LogP contribution in [0.5, 0.6) is 0 Å². The van der Waals surface area contributed by atoms with E-state index in [2.05, 4.69) is 4.98 Å². The Labute approximate surface area is 116 Å². The second-order valence-electron chi connectivity index (χ2n) is 4.06. The highest BCUT2D eigenvalue weighted by Crippen LogP contribution is 2.17. The summed E-state index contributed by atoms with van der Waals surface area (Å²) < 4.78 is 1.17. The maximum absolute atomic E-state index is 12.4. The van der Waals surface area contributed by atoms with Crippen LogP contribution in [-0.2, 0) is 6.54 Å². The highest BCUT2D eigenvalue weighted by Gasteiger charge is 2.10. The summed E-state index contributed by atoms with van der Waals surface area (Å²) in [7, 11) is 0. The molecule has 2 aromatic heterocycles. The maximum Gasteiger partial charge on any atom is 0.329 e. The molecule has 4 nitrogen and oxygen atoms in total. The number of nitrogens with zero attached hydrogens (tertiary/aromatic N) is 1. The number of benzene rings is 1. The average molecular weight is 293 g/mol. The Morgan fingerprint density at radius 2 is 2.05 bits per heavy atom. The number of fused-ring (bicyclic) bond motifs is 1. The molecule has 0 fully saturated rings. The minimum atomic E-state index is -0.423. The lowest BCUT2D eigenvalue weighted by molar-refractivity contribution is 0.720. The zero-order chi connectivity index (χ0) is 13.4. The zero-order valence-electron chi connectivity index (χ0n) is 9.72. The molecule has 0 saturated heterocycles. The Hall–Kier alpha value is -1.85. The van der Waals surface area contributed by atoms with E-state index in [1.165, 1.54) is 15.9 Å². The molecule has 6 heteroatoms. The van der Waals surface area contributed by atoms with E-state index in [1.807, 2.05) is 17.5 Å². The molecule has 0 unspecified atom stereocenters. The summed E-state index contributed by atoms with van der Waals surface area (Å²) >= 11 is 7.54. The molecule has 0 atom stereocenters. The molecule has 0 aliphatic heterocycles. The van der Waals surface area contributed by atoms with Crippen LogP contribution in [0.4, 0.5) is 0 Å². The minimum absolute atomic E-state index is 0.257. The molecule has 0 aliphatic carbocycles. The van der Waals surface area contributed by atoms with Crippen LogP contribution < -0.4 is 11.2 Å². The lowest BCUT2D eigenvalue weighted by Crippen LogP contribution is -2.35. The molecule has 3 aromatic rings. The van der Waals surface area contributed by atoms with E-state index in [0.29, 0.717) is 15.9 Å². The number of aromatic nitrogens is 2. The molecule has 3 rings (SSSR count). The van der Waals surface area contributed by atoms with Crippen LogP contribution in [0.2, 0.25) is 5.02 Å². The summed E-state index contributed by atoms with van der Waals surface area (Å²) in [4.78, 5) is 27.9. The number of hydrogen-bond acceptors (Lipinski definition) is 3. The number of nitrogens with one attached hydrogen (secondary N) is 1. The van der Waals surface area contributed by atoms with E-state index >= 15 is 0 Å². The number of rotatable bonds is 2. The Kier molecular flexibility index (Phi) is 3.00. The van der Waals surface area contributed by atoms with Gasteiger partial charge in [-0.2, -0.15) is 0 Å². The van der Waals surface area contributed by atoms with Gasteiger partial charge in [-0.15, -0.1) is 11.3 Å². The van der Waals surface area contributed by atoms with Gasteiger partial charge in [0.05, 0.1) is 22.5 Å². The van der Waals surface area contributed by atoms with Crippen molar-refractivity contribution in [2.24, 2.45) is 0 Å². The molecule has 96 valence electrons. The molecule has 0 amide bonds. The van der Waals surface area contributed by atoms with Crippen molar-refractivity contribution in [1.82, 2.24) is 9.55 Å². The lowest BCUT2D eigenvalue weighted by atomic mass is 10.2. The fourth-order valence-electron chi connectivity index (χ4n) is 1.96. The van der Waals surface area contributed by atoms with Gasteiger partial charge in [0.1, 0.15) is 0 Å². The first-order valence-corrected chi connectivity index (χ1v) is 6.86. The number of thiophene rings is 1. The fourth-order valence-corrected chi connectivity index (χ4v) is 2.91. The summed E-state index contributed by atoms with van der Waals surface area (Å²) in [5.41, 5.74) is -0.323. The van der Waals surface area contributed by atoms with Crippen molar-refractivity contribution >= 4 is 33.8 Å². The third-order valence-electron chi connectivity index (χ3n) is 2.85. The third kappa shape index (κ3) is 2.11. The van der Waals surface area contributed by atoms with Gasteiger partial charge in [-0.3, -0.25) is 9.36 Å². The Morgan fingerprint density at radius 3 is 2.79 bits per heavy atom. The molecular formula is C13H9ClN2O2S. The van der Waals surface area contributed by atoms with Crippen LogP contribution in [-0.4, -0.2) is 9.55 Å². The molecule has 19 heavy (non-hydrogen) atoms. The van der Waals surface area contributed by atoms with Crippen molar-refractivity contribution in [3.05, 3.63) is 66.4 Å². The quantitative estimate of drug-likeness (QED) is 0.789. The van der Waals surface area contributed by atoms with Gasteiger partial charge in [-0.1, -0.05) is 23.7 Å². The second kappa shape index (κ2) is 4.68. The predicted octanol–water partition coefficient (Wildman–Crippen LogP) is 2.45. The monoisotopic (exact) mass is 292 g/mol. The number of H-pyrrole nitrogens is 1. The largest absolute Gasteiger partial charge is 0.329 e. The van der Waals surface area contributed by atoms with Crippen molar-refractivity contribution in [3.8, 4) is 0 Å². The summed E-state index contributed by atoms with van der Waals surface area (Å²) in [6.07, 6.45) is 0. The van der Waals surface area contributed by atoms with E-state index < -0.39 is 5.69 Å². The Morgan fingerprint density at radius 1 is 1.21 bits per heavy atom. The van der Waals surface area contributed by atoms with Crippen LogP contribution in [0.1, 0.15) is 4.88 Å². The van der Waals surface area contributed by atoms with Crippen molar-refractivity contribution < 1.29 is 0 Å². The van der Waals surface area contributed by atoms with Gasteiger partial charge in [0.15, 0.2) is 0 Å². The van der Waals surface area contributed by atoms with E-state index in [-0.39, 0.29) is 12.1 Å². The van der Waals surface area contributed by atoms with E-state index in [9.17, 15) is 9.59 Å². The van der Waals surface area contributed by atoms with Crippen molar-refractivity contribution in [3.63, 3.8) is 0 Å². The van der Waals surface area contributed by atoms with Gasteiger partial charge in [0.2, 0.25) is 0 Å². The van der Waals surface area contributed by atoms with Crippen LogP contribution in [0, 0.1) is 0 Å². The van der Waals surface area contributed by atoms with E-state index in [1.54, 1.807) is 18.2 Å². The van der Waals surface area contributed by atoms with Crippen molar-refractivity contribution in [1.29, 1.82) is 0 Å². The third-order valence-corrected chi connectivity index (χ3v) is 4.03. The van der Waals surface area contributed by atoms with Gasteiger partial charge in [-0.05, 0) is 23.6 Å². The first-order valence-electron chi connectivity index (χ1n) is 5.60. The smallest absolute Gasteiger partial charge is 0.307 e. The Balaban J connectivity index is 2.28. The Bertz CT molecular complexity index is 849. The van der Waals surface area contributed by atoms with Crippen molar-refractivity contribution in [2.75, 3.05) is 0 Å². The van der Waals surface area contributed by atoms with Crippen LogP contribution in [0.25, 0.3) is 10.9 Å². The molecule has 1 N–H and O–H groups in total. The number of aromatic amines is 1. The van der Waals surface area contributed by atoms with E-state index in [4.69, 9.17) is 11.6 Å². The van der Waals surface area contributed by atoms with Crippen LogP contribution >= 0.6 is 22.9 Å². The zero-order valence-corrected chi connectivity index (χ0v) is 11.3. The first-order chi connectivity index (χ1) is 9.16. The molecule has 0 radical (unpaired) electrons. The van der Waals surface area contributed by atoms with Gasteiger partial charge in [0, 0.05) is 4.88 Å².